The SMILES string of the molecule is CC(=O)OC1CCC2(C)CC23CCC2CC(C)(C(O)CO)CC(O)C2(C)C13. The Morgan fingerprint density at radius 1 is 1.19 bits per heavy atom. The Labute approximate surface area is 162 Å². The van der Waals surface area contributed by atoms with Crippen molar-refractivity contribution in [1.29, 1.82) is 0 Å². The Morgan fingerprint density at radius 3 is 2.52 bits per heavy atom. The summed E-state index contributed by atoms with van der Waals surface area (Å²) in [4.78, 5) is 11.8. The highest BCUT2D eigenvalue weighted by Gasteiger charge is 2.77. The second-order valence-electron chi connectivity index (χ2n) is 10.9. The van der Waals surface area contributed by atoms with Crippen LogP contribution in [0.1, 0.15) is 72.6 Å². The number of carbonyl (C=O) groups is 1. The molecule has 4 aliphatic carbocycles. The van der Waals surface area contributed by atoms with Crippen LogP contribution in [0.4, 0.5) is 0 Å². The average Bonchev–Trinajstić information content (AvgIpc) is 3.20. The van der Waals surface area contributed by atoms with Gasteiger partial charge in [-0.25, -0.2) is 0 Å². The Morgan fingerprint density at radius 2 is 1.89 bits per heavy atom. The third-order valence-electron chi connectivity index (χ3n) is 9.60. The van der Waals surface area contributed by atoms with E-state index in [2.05, 4.69) is 13.8 Å². The van der Waals surface area contributed by atoms with Gasteiger partial charge in [0.1, 0.15) is 6.10 Å². The highest BCUT2D eigenvalue weighted by molar-refractivity contribution is 5.66. The molecule has 0 aromatic carbocycles. The molecule has 5 nitrogen and oxygen atoms in total. The van der Waals surface area contributed by atoms with Crippen LogP contribution < -0.4 is 0 Å². The molecule has 27 heavy (non-hydrogen) atoms. The summed E-state index contributed by atoms with van der Waals surface area (Å²) in [7, 11) is 0. The minimum Gasteiger partial charge on any atom is -0.462 e. The molecule has 4 fully saturated rings. The van der Waals surface area contributed by atoms with E-state index >= 15 is 0 Å². The number of esters is 1. The van der Waals surface area contributed by atoms with Crippen molar-refractivity contribution >= 4 is 5.97 Å². The lowest BCUT2D eigenvalue weighted by Crippen LogP contribution is -2.63. The van der Waals surface area contributed by atoms with Gasteiger partial charge in [-0.2, -0.15) is 0 Å². The summed E-state index contributed by atoms with van der Waals surface area (Å²) in [6.45, 7) is 7.80. The number of aliphatic hydroxyl groups excluding tert-OH is 3. The van der Waals surface area contributed by atoms with Crippen LogP contribution in [0.2, 0.25) is 0 Å². The monoisotopic (exact) mass is 380 g/mol. The molecule has 4 aliphatic rings. The molecule has 0 aliphatic heterocycles. The average molecular weight is 381 g/mol. The zero-order valence-corrected chi connectivity index (χ0v) is 17.2. The van der Waals surface area contributed by atoms with Crippen molar-refractivity contribution in [3.63, 3.8) is 0 Å². The van der Waals surface area contributed by atoms with E-state index in [4.69, 9.17) is 4.74 Å². The van der Waals surface area contributed by atoms with Crippen LogP contribution in [-0.4, -0.2) is 46.2 Å². The third-order valence-corrected chi connectivity index (χ3v) is 9.60. The maximum absolute atomic E-state index is 11.8. The van der Waals surface area contributed by atoms with Crippen LogP contribution in [0, 0.1) is 33.5 Å². The van der Waals surface area contributed by atoms with Gasteiger partial charge in [-0.15, -0.1) is 0 Å². The number of carbonyl (C=O) groups excluding carboxylic acids is 1. The molecule has 9 unspecified atom stereocenters. The van der Waals surface area contributed by atoms with E-state index in [1.165, 1.54) is 13.3 Å². The lowest BCUT2D eigenvalue weighted by Gasteiger charge is -2.63. The maximum atomic E-state index is 11.8. The largest absolute Gasteiger partial charge is 0.462 e. The molecule has 9 atom stereocenters. The van der Waals surface area contributed by atoms with Gasteiger partial charge in [-0.3, -0.25) is 4.79 Å². The number of hydrogen-bond donors (Lipinski definition) is 3. The first kappa shape index (κ1) is 19.7. The molecule has 3 N–H and O–H groups in total. The van der Waals surface area contributed by atoms with Crippen molar-refractivity contribution in [3.8, 4) is 0 Å². The summed E-state index contributed by atoms with van der Waals surface area (Å²) < 4.78 is 5.84. The minimum atomic E-state index is -0.811. The Hall–Kier alpha value is -0.650. The van der Waals surface area contributed by atoms with E-state index in [-0.39, 0.29) is 41.3 Å². The number of aliphatic hydroxyl groups is 3. The fraction of sp³-hybridized carbons (Fsp3) is 0.955. The first-order valence-electron chi connectivity index (χ1n) is 10.7. The van der Waals surface area contributed by atoms with Crippen LogP contribution in [0.3, 0.4) is 0 Å². The van der Waals surface area contributed by atoms with Gasteiger partial charge in [-0.05, 0) is 67.1 Å². The number of rotatable bonds is 3. The highest BCUT2D eigenvalue weighted by Crippen LogP contribution is 2.82. The Bertz CT molecular complexity index is 636. The number of ether oxygens (including phenoxy) is 1. The molecule has 154 valence electrons. The van der Waals surface area contributed by atoms with Gasteiger partial charge in [0.2, 0.25) is 0 Å². The molecule has 0 aromatic rings. The molecule has 0 saturated heterocycles. The summed E-state index contributed by atoms with van der Waals surface area (Å²) in [6.07, 6.45) is 5.11. The van der Waals surface area contributed by atoms with Crippen molar-refractivity contribution in [2.75, 3.05) is 6.61 Å². The Balaban J connectivity index is 1.71. The summed E-state index contributed by atoms with van der Waals surface area (Å²) in [5.74, 6) is 0.220. The standard InChI is InChI=1S/C22H36O5/c1-13(24)27-15-6-7-20(3)12-22(20)8-5-14-9-19(2,17(26)11-23)10-16(25)21(14,4)18(15)22/h14-18,23,25-26H,5-12H2,1-4H3. The summed E-state index contributed by atoms with van der Waals surface area (Å²) in [5, 5.41) is 31.3. The Kier molecular flexibility index (Phi) is 4.32. The number of hydrogen-bond acceptors (Lipinski definition) is 5. The molecule has 0 heterocycles. The number of fused-ring (bicyclic) bond motifs is 2. The normalized spacial score (nSPS) is 54.9. The van der Waals surface area contributed by atoms with Gasteiger partial charge in [0.15, 0.2) is 0 Å². The molecule has 4 rings (SSSR count). The summed E-state index contributed by atoms with van der Waals surface area (Å²) in [5.41, 5.74) is -0.291. The zero-order chi connectivity index (χ0) is 19.8. The molecule has 1 spiro atoms. The van der Waals surface area contributed by atoms with Gasteiger partial charge >= 0.3 is 5.97 Å². The molecule has 0 aromatic heterocycles. The van der Waals surface area contributed by atoms with E-state index in [1.807, 2.05) is 6.92 Å². The van der Waals surface area contributed by atoms with Crippen molar-refractivity contribution in [2.45, 2.75) is 91.0 Å². The summed E-state index contributed by atoms with van der Waals surface area (Å²) in [6, 6.07) is 0. The first-order chi connectivity index (χ1) is 12.5. The molecule has 5 heteroatoms. The topological polar surface area (TPSA) is 87.0 Å². The summed E-state index contributed by atoms with van der Waals surface area (Å²) >= 11 is 0. The predicted molar refractivity (Wildman–Crippen MR) is 101 cm³/mol. The van der Waals surface area contributed by atoms with Crippen LogP contribution in [0.15, 0.2) is 0 Å². The molecular formula is C22H36O5. The van der Waals surface area contributed by atoms with E-state index < -0.39 is 17.6 Å². The van der Waals surface area contributed by atoms with Gasteiger partial charge < -0.3 is 20.1 Å². The van der Waals surface area contributed by atoms with E-state index in [0.29, 0.717) is 11.8 Å². The van der Waals surface area contributed by atoms with Crippen molar-refractivity contribution in [1.82, 2.24) is 0 Å². The van der Waals surface area contributed by atoms with E-state index in [0.717, 1.165) is 32.1 Å². The fourth-order valence-electron chi connectivity index (χ4n) is 7.94. The highest BCUT2D eigenvalue weighted by atomic mass is 16.5. The quantitative estimate of drug-likeness (QED) is 0.655. The van der Waals surface area contributed by atoms with Crippen LogP contribution >= 0.6 is 0 Å². The molecule has 0 radical (unpaired) electrons. The van der Waals surface area contributed by atoms with Crippen molar-refractivity contribution in [3.05, 3.63) is 0 Å². The third kappa shape index (κ3) is 2.50. The molecule has 4 saturated carbocycles. The smallest absolute Gasteiger partial charge is 0.302 e. The minimum absolute atomic E-state index is 0.118. The predicted octanol–water partition coefficient (Wildman–Crippen LogP) is 2.66. The lowest BCUT2D eigenvalue weighted by molar-refractivity contribution is -0.222. The first-order valence-corrected chi connectivity index (χ1v) is 10.7. The molecule has 0 bridgehead atoms. The molecule has 0 amide bonds. The van der Waals surface area contributed by atoms with Crippen LogP contribution in [0.5, 0.6) is 0 Å². The molecular weight excluding hydrogens is 344 g/mol. The van der Waals surface area contributed by atoms with Gasteiger partial charge in [0.05, 0.1) is 18.8 Å². The lowest BCUT2D eigenvalue weighted by atomic mass is 9.43. The van der Waals surface area contributed by atoms with Gasteiger partial charge in [0.25, 0.3) is 0 Å². The van der Waals surface area contributed by atoms with Gasteiger partial charge in [0, 0.05) is 18.3 Å². The van der Waals surface area contributed by atoms with Crippen LogP contribution in [0.25, 0.3) is 0 Å². The second kappa shape index (κ2) is 5.93. The van der Waals surface area contributed by atoms with Crippen molar-refractivity contribution in [2.24, 2.45) is 33.5 Å². The zero-order valence-electron chi connectivity index (χ0n) is 17.2. The maximum Gasteiger partial charge on any atom is 0.302 e. The fourth-order valence-corrected chi connectivity index (χ4v) is 7.94. The van der Waals surface area contributed by atoms with E-state index in [1.54, 1.807) is 0 Å². The van der Waals surface area contributed by atoms with Crippen molar-refractivity contribution < 1.29 is 24.9 Å². The van der Waals surface area contributed by atoms with Crippen LogP contribution in [-0.2, 0) is 9.53 Å². The second-order valence-corrected chi connectivity index (χ2v) is 10.9. The van der Waals surface area contributed by atoms with E-state index in [9.17, 15) is 20.1 Å². The van der Waals surface area contributed by atoms with Gasteiger partial charge in [-0.1, -0.05) is 20.8 Å².